The molecule has 0 spiro atoms. The average Bonchev–Trinajstić information content (AvgIpc) is 2.56. The van der Waals surface area contributed by atoms with Gasteiger partial charge in [-0.05, 0) is 31.9 Å². The van der Waals surface area contributed by atoms with Gasteiger partial charge >= 0.3 is 5.97 Å². The average molecular weight is 306 g/mol. The van der Waals surface area contributed by atoms with E-state index in [2.05, 4.69) is 5.32 Å². The third kappa shape index (κ3) is 5.95. The third-order valence-corrected chi connectivity index (χ3v) is 3.40. The fourth-order valence-corrected chi connectivity index (χ4v) is 2.10. The van der Waals surface area contributed by atoms with Crippen LogP contribution < -0.4 is 5.32 Å². The Labute approximate surface area is 130 Å². The van der Waals surface area contributed by atoms with Crippen LogP contribution in [0.2, 0.25) is 0 Å². The van der Waals surface area contributed by atoms with Crippen LogP contribution in [0.3, 0.4) is 0 Å². The van der Waals surface area contributed by atoms with E-state index in [-0.39, 0.29) is 11.8 Å². The van der Waals surface area contributed by atoms with E-state index in [0.717, 1.165) is 6.41 Å². The number of piperidine rings is 1. The van der Waals surface area contributed by atoms with E-state index < -0.39 is 5.97 Å². The lowest BCUT2D eigenvalue weighted by atomic mass is 9.98. The van der Waals surface area contributed by atoms with E-state index in [4.69, 9.17) is 5.11 Å². The van der Waals surface area contributed by atoms with Gasteiger partial charge in [-0.15, -0.1) is 0 Å². The minimum absolute atomic E-state index is 0.00639. The number of carboxylic acid groups (broad SMARTS) is 1. The molecule has 1 fully saturated rings. The molecule has 1 aliphatic heterocycles. The van der Waals surface area contributed by atoms with Crippen LogP contribution in [0.4, 0.5) is 0 Å². The summed E-state index contributed by atoms with van der Waals surface area (Å²) in [5, 5.41) is 11.3. The predicted molar refractivity (Wildman–Crippen MR) is 82.4 cm³/mol. The number of rotatable bonds is 4. The fraction of sp³-hybridized carbons (Fsp3) is 0.438. The zero-order valence-electron chi connectivity index (χ0n) is 12.7. The van der Waals surface area contributed by atoms with E-state index in [9.17, 15) is 14.4 Å². The minimum atomic E-state index is -0.740. The summed E-state index contributed by atoms with van der Waals surface area (Å²) in [4.78, 5) is 33.4. The van der Waals surface area contributed by atoms with E-state index in [0.29, 0.717) is 38.0 Å². The van der Waals surface area contributed by atoms with Gasteiger partial charge in [0.1, 0.15) is 0 Å². The molecule has 0 saturated carbocycles. The standard InChI is InChI=1S/C9H11NO.C7H11NO3/c1-2-10-9(11)8-6-4-3-5-7-8;9-5-8-3-1-6(2-4-8)7(10)11/h3-7H,2H2,1H3,(H,10,11);5-6H,1-4H2,(H,10,11). The first-order valence-corrected chi connectivity index (χ1v) is 7.33. The van der Waals surface area contributed by atoms with Crippen molar-refractivity contribution in [2.24, 2.45) is 5.92 Å². The molecule has 0 aliphatic carbocycles. The molecule has 2 N–H and O–H groups in total. The summed E-state index contributed by atoms with van der Waals surface area (Å²) >= 11 is 0. The molecular weight excluding hydrogens is 284 g/mol. The smallest absolute Gasteiger partial charge is 0.306 e. The van der Waals surface area contributed by atoms with Gasteiger partial charge in [-0.3, -0.25) is 14.4 Å². The van der Waals surface area contributed by atoms with Gasteiger partial charge in [-0.1, -0.05) is 18.2 Å². The summed E-state index contributed by atoms with van der Waals surface area (Å²) in [5.74, 6) is -0.991. The van der Waals surface area contributed by atoms with Gasteiger partial charge < -0.3 is 15.3 Å². The Morgan fingerprint density at radius 2 is 1.86 bits per heavy atom. The predicted octanol–water partition coefficient (Wildman–Crippen LogP) is 1.38. The van der Waals surface area contributed by atoms with Gasteiger partial charge in [-0.25, -0.2) is 0 Å². The molecule has 2 rings (SSSR count). The van der Waals surface area contributed by atoms with Gasteiger partial charge in [-0.2, -0.15) is 0 Å². The minimum Gasteiger partial charge on any atom is -0.481 e. The maximum absolute atomic E-state index is 11.1. The lowest BCUT2D eigenvalue weighted by Crippen LogP contribution is -2.35. The number of carbonyl (C=O) groups excluding carboxylic acids is 2. The van der Waals surface area contributed by atoms with Gasteiger partial charge in [0.25, 0.3) is 5.91 Å². The number of hydrogen-bond acceptors (Lipinski definition) is 3. The van der Waals surface area contributed by atoms with Crippen molar-refractivity contribution in [3.05, 3.63) is 35.9 Å². The molecule has 6 heteroatoms. The highest BCUT2D eigenvalue weighted by molar-refractivity contribution is 5.94. The molecule has 1 saturated heterocycles. The molecule has 1 aliphatic rings. The topological polar surface area (TPSA) is 86.7 Å². The maximum Gasteiger partial charge on any atom is 0.306 e. The SMILES string of the molecule is CCNC(=O)c1ccccc1.O=CN1CCC(C(=O)O)CC1. The van der Waals surface area contributed by atoms with Crippen molar-refractivity contribution in [2.75, 3.05) is 19.6 Å². The molecule has 1 heterocycles. The van der Waals surface area contributed by atoms with Crippen molar-refractivity contribution in [2.45, 2.75) is 19.8 Å². The molecule has 0 unspecified atom stereocenters. The lowest BCUT2D eigenvalue weighted by molar-refractivity contribution is -0.144. The first kappa shape index (κ1) is 17.7. The number of benzene rings is 1. The Bertz CT molecular complexity index is 482. The summed E-state index contributed by atoms with van der Waals surface area (Å²) in [6.07, 6.45) is 1.96. The van der Waals surface area contributed by atoms with Crippen LogP contribution in [0.1, 0.15) is 30.1 Å². The number of amides is 2. The number of hydrogen-bond donors (Lipinski definition) is 2. The highest BCUT2D eigenvalue weighted by Gasteiger charge is 2.23. The Hall–Kier alpha value is -2.37. The second-order valence-corrected chi connectivity index (χ2v) is 4.98. The monoisotopic (exact) mass is 306 g/mol. The van der Waals surface area contributed by atoms with E-state index >= 15 is 0 Å². The number of carbonyl (C=O) groups is 3. The van der Waals surface area contributed by atoms with Gasteiger partial charge in [0.15, 0.2) is 0 Å². The fourth-order valence-electron chi connectivity index (χ4n) is 2.10. The van der Waals surface area contributed by atoms with Crippen molar-refractivity contribution < 1.29 is 19.5 Å². The summed E-state index contributed by atoms with van der Waals surface area (Å²) in [6.45, 7) is 3.75. The first-order valence-electron chi connectivity index (χ1n) is 7.33. The first-order chi connectivity index (χ1) is 10.6. The molecule has 120 valence electrons. The van der Waals surface area contributed by atoms with E-state index in [1.54, 1.807) is 17.0 Å². The highest BCUT2D eigenvalue weighted by atomic mass is 16.4. The second-order valence-electron chi connectivity index (χ2n) is 4.98. The molecule has 0 atom stereocenters. The third-order valence-electron chi connectivity index (χ3n) is 3.40. The van der Waals surface area contributed by atoms with Crippen LogP contribution in [0.5, 0.6) is 0 Å². The molecule has 0 aromatic heterocycles. The van der Waals surface area contributed by atoms with Crippen LogP contribution in [0, 0.1) is 5.92 Å². The number of nitrogens with zero attached hydrogens (tertiary/aromatic N) is 1. The molecule has 0 bridgehead atoms. The molecule has 6 nitrogen and oxygen atoms in total. The zero-order chi connectivity index (χ0) is 16.4. The normalized spacial score (nSPS) is 14.5. The van der Waals surface area contributed by atoms with E-state index in [1.807, 2.05) is 25.1 Å². The van der Waals surface area contributed by atoms with Crippen molar-refractivity contribution in [1.82, 2.24) is 10.2 Å². The molecule has 2 amide bonds. The van der Waals surface area contributed by atoms with Crippen molar-refractivity contribution in [3.63, 3.8) is 0 Å². The number of aliphatic carboxylic acids is 1. The van der Waals surface area contributed by atoms with Crippen molar-refractivity contribution >= 4 is 18.3 Å². The van der Waals surface area contributed by atoms with Gasteiger partial charge in [0, 0.05) is 25.2 Å². The molecular formula is C16H22N2O4. The van der Waals surface area contributed by atoms with Crippen LogP contribution >= 0.6 is 0 Å². The number of carboxylic acids is 1. The largest absolute Gasteiger partial charge is 0.481 e. The Morgan fingerprint density at radius 3 is 2.32 bits per heavy atom. The van der Waals surface area contributed by atoms with Crippen LogP contribution in [-0.4, -0.2) is 47.9 Å². The molecule has 1 aromatic rings. The van der Waals surface area contributed by atoms with Crippen LogP contribution in [-0.2, 0) is 9.59 Å². The van der Waals surface area contributed by atoms with E-state index in [1.165, 1.54) is 0 Å². The number of nitrogens with one attached hydrogen (secondary N) is 1. The van der Waals surface area contributed by atoms with Crippen LogP contribution in [0.25, 0.3) is 0 Å². The summed E-state index contributed by atoms with van der Waals surface area (Å²) in [6, 6.07) is 9.19. The number of likely N-dealkylation sites (tertiary alicyclic amines) is 1. The summed E-state index contributed by atoms with van der Waals surface area (Å²) in [5.41, 5.74) is 0.717. The Morgan fingerprint density at radius 1 is 1.27 bits per heavy atom. The second kappa shape index (κ2) is 9.55. The highest BCUT2D eigenvalue weighted by Crippen LogP contribution is 2.15. The summed E-state index contributed by atoms with van der Waals surface area (Å²) < 4.78 is 0. The van der Waals surface area contributed by atoms with Crippen molar-refractivity contribution in [3.8, 4) is 0 Å². The Kier molecular flexibility index (Phi) is 7.67. The Balaban J connectivity index is 0.000000220. The molecule has 22 heavy (non-hydrogen) atoms. The maximum atomic E-state index is 11.1. The van der Waals surface area contributed by atoms with Crippen molar-refractivity contribution in [1.29, 1.82) is 0 Å². The summed E-state index contributed by atoms with van der Waals surface area (Å²) in [7, 11) is 0. The quantitative estimate of drug-likeness (QED) is 0.823. The molecule has 1 aromatic carbocycles. The van der Waals surface area contributed by atoms with Gasteiger partial charge in [0.2, 0.25) is 6.41 Å². The van der Waals surface area contributed by atoms with Gasteiger partial charge in [0.05, 0.1) is 5.92 Å². The molecule has 0 radical (unpaired) electrons. The van der Waals surface area contributed by atoms with Crippen LogP contribution in [0.15, 0.2) is 30.3 Å². The lowest BCUT2D eigenvalue weighted by Gasteiger charge is -2.26. The zero-order valence-corrected chi connectivity index (χ0v) is 12.7.